The number of hydrogen-bond acceptors (Lipinski definition) is 5. The summed E-state index contributed by atoms with van der Waals surface area (Å²) in [6, 6.07) is 0. The minimum absolute atomic E-state index is 0.0715. The fourth-order valence-electron chi connectivity index (χ4n) is 4.60. The Morgan fingerprint density at radius 1 is 0.550 bits per heavy atom. The van der Waals surface area contributed by atoms with Crippen LogP contribution in [0.15, 0.2) is 24.3 Å². The zero-order valence-electron chi connectivity index (χ0n) is 26.4. The molecule has 0 aliphatic rings. The number of esters is 2. The Kier molecular flexibility index (Phi) is 30.6. The maximum atomic E-state index is 12.1. The van der Waals surface area contributed by atoms with Crippen molar-refractivity contribution in [1.29, 1.82) is 0 Å². The number of unbranched alkanes of at least 4 members (excludes halogenated alkanes) is 18. The zero-order chi connectivity index (χ0) is 29.4. The molecule has 0 aromatic heterocycles. The van der Waals surface area contributed by atoms with Crippen LogP contribution in [-0.2, 0) is 19.1 Å². The molecule has 1 atom stereocenters. The summed E-state index contributed by atoms with van der Waals surface area (Å²) >= 11 is 0. The van der Waals surface area contributed by atoms with Crippen LogP contribution in [0, 0.1) is 0 Å². The van der Waals surface area contributed by atoms with Gasteiger partial charge in [-0.05, 0) is 64.2 Å². The monoisotopic (exact) mass is 564 g/mol. The smallest absolute Gasteiger partial charge is 0.306 e. The Hall–Kier alpha value is -1.62. The van der Waals surface area contributed by atoms with E-state index in [2.05, 4.69) is 38.2 Å². The first-order chi connectivity index (χ1) is 19.6. The Morgan fingerprint density at radius 2 is 0.925 bits per heavy atom. The van der Waals surface area contributed by atoms with Gasteiger partial charge in [0, 0.05) is 12.8 Å². The van der Waals surface area contributed by atoms with E-state index in [1.165, 1.54) is 89.9 Å². The lowest BCUT2D eigenvalue weighted by molar-refractivity contribution is -0.161. The molecule has 0 heterocycles. The second-order valence-corrected chi connectivity index (χ2v) is 11.2. The van der Waals surface area contributed by atoms with Crippen molar-refractivity contribution in [1.82, 2.24) is 0 Å². The van der Waals surface area contributed by atoms with E-state index in [1.54, 1.807) is 0 Å². The molecule has 0 spiro atoms. The Morgan fingerprint density at radius 3 is 1.40 bits per heavy atom. The predicted molar refractivity (Wildman–Crippen MR) is 168 cm³/mol. The molecule has 0 aliphatic carbocycles. The standard InChI is InChI=1S/C35H64O5/c1-3-5-7-9-11-13-15-17-18-20-22-24-26-28-30-35(38)40-33(31-36)32-39-34(37)29-27-25-23-21-19-16-14-12-10-8-6-4-2/h12,14-15,17,33,36H,3-11,13,16,18-32H2,1-2H3/b14-12-,17-15-/t33-/m0/s1. The first kappa shape index (κ1) is 38.4. The minimum atomic E-state index is -0.773. The summed E-state index contributed by atoms with van der Waals surface area (Å²) in [6.45, 7) is 4.07. The zero-order valence-corrected chi connectivity index (χ0v) is 26.4. The van der Waals surface area contributed by atoms with Crippen molar-refractivity contribution in [3.63, 3.8) is 0 Å². The van der Waals surface area contributed by atoms with Crippen LogP contribution in [0.5, 0.6) is 0 Å². The van der Waals surface area contributed by atoms with Crippen LogP contribution in [0.3, 0.4) is 0 Å². The fraction of sp³-hybridized carbons (Fsp3) is 0.829. The van der Waals surface area contributed by atoms with Gasteiger partial charge in [0.2, 0.25) is 0 Å². The Balaban J connectivity index is 3.61. The van der Waals surface area contributed by atoms with E-state index in [-0.39, 0.29) is 25.2 Å². The normalized spacial score (nSPS) is 12.4. The van der Waals surface area contributed by atoms with Crippen LogP contribution in [0.25, 0.3) is 0 Å². The molecule has 0 radical (unpaired) electrons. The van der Waals surface area contributed by atoms with Gasteiger partial charge in [0.25, 0.3) is 0 Å². The first-order valence-corrected chi connectivity index (χ1v) is 16.9. The minimum Gasteiger partial charge on any atom is -0.462 e. The number of rotatable bonds is 30. The van der Waals surface area contributed by atoms with E-state index in [0.717, 1.165) is 51.4 Å². The number of carbonyl (C=O) groups is 2. The number of aliphatic hydroxyl groups is 1. The topological polar surface area (TPSA) is 72.8 Å². The SMILES string of the molecule is CCCCC/C=C\CCCCCCCC(=O)OC[C@H](CO)OC(=O)CCCCCCC/C=C\CCCCCCC. The van der Waals surface area contributed by atoms with E-state index < -0.39 is 6.10 Å². The van der Waals surface area contributed by atoms with Crippen molar-refractivity contribution < 1.29 is 24.2 Å². The van der Waals surface area contributed by atoms with Crippen LogP contribution in [0.4, 0.5) is 0 Å². The molecule has 234 valence electrons. The van der Waals surface area contributed by atoms with Gasteiger partial charge in [-0.25, -0.2) is 0 Å². The molecule has 5 nitrogen and oxygen atoms in total. The van der Waals surface area contributed by atoms with Crippen molar-refractivity contribution in [3.8, 4) is 0 Å². The van der Waals surface area contributed by atoms with Gasteiger partial charge in [-0.3, -0.25) is 9.59 Å². The molecule has 0 amide bonds. The molecule has 1 N–H and O–H groups in total. The Labute approximate surface area is 247 Å². The molecule has 0 fully saturated rings. The van der Waals surface area contributed by atoms with Gasteiger partial charge in [-0.15, -0.1) is 0 Å². The van der Waals surface area contributed by atoms with E-state index in [0.29, 0.717) is 12.8 Å². The van der Waals surface area contributed by atoms with Crippen molar-refractivity contribution in [3.05, 3.63) is 24.3 Å². The summed E-state index contributed by atoms with van der Waals surface area (Å²) in [5.41, 5.74) is 0. The first-order valence-electron chi connectivity index (χ1n) is 16.9. The van der Waals surface area contributed by atoms with Gasteiger partial charge in [0.1, 0.15) is 6.61 Å². The maximum absolute atomic E-state index is 12.1. The van der Waals surface area contributed by atoms with Crippen molar-refractivity contribution in [2.24, 2.45) is 0 Å². The van der Waals surface area contributed by atoms with Crippen molar-refractivity contribution in [2.75, 3.05) is 13.2 Å². The van der Waals surface area contributed by atoms with Crippen LogP contribution < -0.4 is 0 Å². The predicted octanol–water partition coefficient (Wildman–Crippen LogP) is 9.95. The lowest BCUT2D eigenvalue weighted by atomic mass is 10.1. The molecule has 0 aromatic rings. The van der Waals surface area contributed by atoms with Crippen LogP contribution in [0.2, 0.25) is 0 Å². The molecule has 5 heteroatoms. The fourth-order valence-corrected chi connectivity index (χ4v) is 4.60. The summed E-state index contributed by atoms with van der Waals surface area (Å²) in [6.07, 6.45) is 35.1. The second-order valence-electron chi connectivity index (χ2n) is 11.2. The average molecular weight is 565 g/mol. The number of allylic oxidation sites excluding steroid dienone is 4. The molecule has 0 aromatic carbocycles. The summed E-state index contributed by atoms with van der Waals surface area (Å²) in [5.74, 6) is -0.612. The van der Waals surface area contributed by atoms with Gasteiger partial charge < -0.3 is 14.6 Å². The van der Waals surface area contributed by atoms with Crippen molar-refractivity contribution in [2.45, 2.75) is 174 Å². The lowest BCUT2D eigenvalue weighted by Gasteiger charge is -2.15. The molecule has 0 aliphatic heterocycles. The van der Waals surface area contributed by atoms with Crippen LogP contribution in [-0.4, -0.2) is 36.4 Å². The summed E-state index contributed by atoms with van der Waals surface area (Å²) in [4.78, 5) is 24.1. The van der Waals surface area contributed by atoms with E-state index in [9.17, 15) is 14.7 Å². The molecule has 0 rings (SSSR count). The highest BCUT2D eigenvalue weighted by Gasteiger charge is 2.16. The highest BCUT2D eigenvalue weighted by atomic mass is 16.6. The summed E-state index contributed by atoms with van der Waals surface area (Å²) in [5, 5.41) is 9.49. The highest BCUT2D eigenvalue weighted by molar-refractivity contribution is 5.70. The molecule has 0 saturated heterocycles. The third-order valence-corrected chi connectivity index (χ3v) is 7.22. The van der Waals surface area contributed by atoms with Gasteiger partial charge in [-0.2, -0.15) is 0 Å². The van der Waals surface area contributed by atoms with E-state index >= 15 is 0 Å². The molecule has 0 bridgehead atoms. The molecule has 0 saturated carbocycles. The van der Waals surface area contributed by atoms with Crippen molar-refractivity contribution >= 4 is 11.9 Å². The molecular weight excluding hydrogens is 500 g/mol. The third kappa shape index (κ3) is 29.4. The largest absolute Gasteiger partial charge is 0.462 e. The van der Waals surface area contributed by atoms with E-state index in [4.69, 9.17) is 9.47 Å². The van der Waals surface area contributed by atoms with Gasteiger partial charge in [-0.1, -0.05) is 115 Å². The van der Waals surface area contributed by atoms with Gasteiger partial charge in [0.15, 0.2) is 6.10 Å². The molecular formula is C35H64O5. The molecule has 40 heavy (non-hydrogen) atoms. The third-order valence-electron chi connectivity index (χ3n) is 7.22. The van der Waals surface area contributed by atoms with Gasteiger partial charge in [0.05, 0.1) is 6.61 Å². The van der Waals surface area contributed by atoms with Crippen LogP contribution in [0.1, 0.15) is 168 Å². The van der Waals surface area contributed by atoms with E-state index in [1.807, 2.05) is 0 Å². The summed E-state index contributed by atoms with van der Waals surface area (Å²) < 4.78 is 10.5. The summed E-state index contributed by atoms with van der Waals surface area (Å²) in [7, 11) is 0. The second kappa shape index (κ2) is 31.9. The lowest BCUT2D eigenvalue weighted by Crippen LogP contribution is -2.28. The highest BCUT2D eigenvalue weighted by Crippen LogP contribution is 2.12. The average Bonchev–Trinajstić information content (AvgIpc) is 2.96. The maximum Gasteiger partial charge on any atom is 0.306 e. The van der Waals surface area contributed by atoms with Crippen LogP contribution >= 0.6 is 0 Å². The quantitative estimate of drug-likeness (QED) is 0.0534. The Bertz CT molecular complexity index is 613. The number of ether oxygens (including phenoxy) is 2. The number of hydrogen-bond donors (Lipinski definition) is 1. The van der Waals surface area contributed by atoms with Gasteiger partial charge >= 0.3 is 11.9 Å². The number of aliphatic hydroxyl groups excluding tert-OH is 1. The molecule has 0 unspecified atom stereocenters. The number of carbonyl (C=O) groups excluding carboxylic acids is 2.